The van der Waals surface area contributed by atoms with E-state index in [0.717, 1.165) is 40.1 Å². The molecule has 32 heavy (non-hydrogen) atoms. The topological polar surface area (TPSA) is 103 Å². The lowest BCUT2D eigenvalue weighted by Crippen LogP contribution is -2.38. The van der Waals surface area contributed by atoms with E-state index < -0.39 is 11.1 Å². The smallest absolute Gasteiger partial charge is 0.303 e. The Balaban J connectivity index is 0.00000363. The Morgan fingerprint density at radius 3 is 2.78 bits per heavy atom. The van der Waals surface area contributed by atoms with Crippen LogP contribution in [0.2, 0.25) is 0 Å². The van der Waals surface area contributed by atoms with Crippen LogP contribution in [0.25, 0.3) is 0 Å². The number of hydrogen-bond acceptors (Lipinski definition) is 7. The van der Waals surface area contributed by atoms with Crippen molar-refractivity contribution in [3.05, 3.63) is 32.7 Å². The molecular formula is C20H26ClFN4O4S2. The van der Waals surface area contributed by atoms with Gasteiger partial charge >= 0.3 is 5.97 Å². The molecule has 3 rings (SSSR count). The van der Waals surface area contributed by atoms with E-state index in [4.69, 9.17) is 5.11 Å². The first-order valence-corrected chi connectivity index (χ1v) is 11.6. The lowest BCUT2D eigenvalue weighted by atomic mass is 10.1. The zero-order valence-corrected chi connectivity index (χ0v) is 20.2. The molecule has 0 radical (unpaired) electrons. The number of carboxylic acids is 1. The number of hydrogen-bond donors (Lipinski definition) is 2. The van der Waals surface area contributed by atoms with Gasteiger partial charge in [0.1, 0.15) is 0 Å². The predicted octanol–water partition coefficient (Wildman–Crippen LogP) is 3.79. The number of likely N-dealkylation sites (N-methyl/N-ethyl adjacent to an activating group) is 1. The highest BCUT2D eigenvalue weighted by molar-refractivity contribution is 7.14. The van der Waals surface area contributed by atoms with Crippen LogP contribution < -0.4 is 5.32 Å². The lowest BCUT2D eigenvalue weighted by molar-refractivity contribution is -0.137. The number of thiazole rings is 1. The van der Waals surface area contributed by atoms with Crippen LogP contribution in [-0.4, -0.2) is 64.4 Å². The normalized spacial score (nSPS) is 15.6. The number of thiophene rings is 1. The molecule has 0 saturated carbocycles. The summed E-state index contributed by atoms with van der Waals surface area (Å²) in [6, 6.07) is 1.73. The van der Waals surface area contributed by atoms with Gasteiger partial charge in [-0.25, -0.2) is 4.98 Å². The number of rotatable bonds is 9. The number of carboxylic acid groups (broad SMARTS) is 1. The number of likely N-dealkylation sites (tertiary alicyclic amines) is 1. The Morgan fingerprint density at radius 2 is 2.12 bits per heavy atom. The van der Waals surface area contributed by atoms with Gasteiger partial charge in [0.15, 0.2) is 10.3 Å². The number of nitrogens with zero attached hydrogens (tertiary/aromatic N) is 3. The standard InChI is InChI=1S/C20H25FN4O4S2.ClH/c1-12-13(19(29)23-20-22-10-16(21)31-20)9-15(30-12)14-5-3-8-25(14)17(26)11-24(2)7-4-6-18(27)28;/h9-10,14H,3-8,11H2,1-2H3,(H,27,28)(H,22,23,29);1H. The van der Waals surface area contributed by atoms with Crippen LogP contribution in [0.1, 0.15) is 51.8 Å². The van der Waals surface area contributed by atoms with Gasteiger partial charge in [-0.05, 0) is 45.8 Å². The van der Waals surface area contributed by atoms with Crippen LogP contribution in [0.5, 0.6) is 0 Å². The molecule has 2 aromatic heterocycles. The highest BCUT2D eigenvalue weighted by Gasteiger charge is 2.32. The molecule has 2 N–H and O–H groups in total. The number of nitrogens with one attached hydrogen (secondary N) is 1. The predicted molar refractivity (Wildman–Crippen MR) is 124 cm³/mol. The van der Waals surface area contributed by atoms with Gasteiger partial charge < -0.3 is 10.0 Å². The van der Waals surface area contributed by atoms with Crippen molar-refractivity contribution in [3.63, 3.8) is 0 Å². The zero-order valence-electron chi connectivity index (χ0n) is 17.8. The van der Waals surface area contributed by atoms with Crippen molar-refractivity contribution in [2.24, 2.45) is 0 Å². The maximum absolute atomic E-state index is 13.1. The molecule has 1 saturated heterocycles. The van der Waals surface area contributed by atoms with E-state index in [1.807, 2.05) is 29.8 Å². The van der Waals surface area contributed by atoms with E-state index in [0.29, 0.717) is 25.1 Å². The lowest BCUT2D eigenvalue weighted by Gasteiger charge is -2.26. The summed E-state index contributed by atoms with van der Waals surface area (Å²) >= 11 is 2.26. The molecule has 0 aliphatic carbocycles. The Kier molecular flexibility index (Phi) is 9.56. The van der Waals surface area contributed by atoms with Gasteiger partial charge in [0.2, 0.25) is 5.91 Å². The third kappa shape index (κ3) is 6.71. The van der Waals surface area contributed by atoms with Crippen molar-refractivity contribution in [2.45, 2.75) is 38.6 Å². The highest BCUT2D eigenvalue weighted by atomic mass is 35.5. The monoisotopic (exact) mass is 504 g/mol. The second-order valence-electron chi connectivity index (χ2n) is 7.52. The minimum Gasteiger partial charge on any atom is -0.481 e. The fourth-order valence-electron chi connectivity index (χ4n) is 3.63. The number of aryl methyl sites for hydroxylation is 1. The Hall–Kier alpha value is -2.08. The Labute approximate surface area is 199 Å². The van der Waals surface area contributed by atoms with Gasteiger partial charge in [-0.2, -0.15) is 4.39 Å². The SMILES string of the molecule is Cc1sc(C2CCCN2C(=O)CN(C)CCCC(=O)O)cc1C(=O)Nc1ncc(F)s1.Cl. The van der Waals surface area contributed by atoms with Crippen molar-refractivity contribution in [1.29, 1.82) is 0 Å². The van der Waals surface area contributed by atoms with Gasteiger partial charge in [0.25, 0.3) is 5.91 Å². The van der Waals surface area contributed by atoms with Crippen molar-refractivity contribution in [2.75, 3.05) is 32.0 Å². The summed E-state index contributed by atoms with van der Waals surface area (Å²) in [7, 11) is 1.81. The van der Waals surface area contributed by atoms with Gasteiger partial charge in [-0.3, -0.25) is 24.6 Å². The van der Waals surface area contributed by atoms with E-state index in [1.165, 1.54) is 11.3 Å². The fourth-order valence-corrected chi connectivity index (χ4v) is 5.35. The van der Waals surface area contributed by atoms with Gasteiger partial charge in [-0.15, -0.1) is 23.7 Å². The van der Waals surface area contributed by atoms with Crippen molar-refractivity contribution >= 4 is 58.0 Å². The quantitative estimate of drug-likeness (QED) is 0.538. The van der Waals surface area contributed by atoms with Gasteiger partial charge in [0.05, 0.1) is 24.3 Å². The van der Waals surface area contributed by atoms with E-state index >= 15 is 0 Å². The van der Waals surface area contributed by atoms with Crippen LogP contribution in [0.3, 0.4) is 0 Å². The molecule has 2 aromatic rings. The molecular weight excluding hydrogens is 479 g/mol. The first-order chi connectivity index (χ1) is 14.7. The third-order valence-corrected chi connectivity index (χ3v) is 6.97. The van der Waals surface area contributed by atoms with Crippen LogP contribution in [0.4, 0.5) is 9.52 Å². The summed E-state index contributed by atoms with van der Waals surface area (Å²) < 4.78 is 13.1. The molecule has 1 unspecified atom stereocenters. The highest BCUT2D eigenvalue weighted by Crippen LogP contribution is 2.37. The number of amides is 2. The van der Waals surface area contributed by atoms with Crippen molar-refractivity contribution < 1.29 is 23.9 Å². The molecule has 2 amide bonds. The summed E-state index contributed by atoms with van der Waals surface area (Å²) in [6.45, 7) is 3.27. The summed E-state index contributed by atoms with van der Waals surface area (Å²) in [5.41, 5.74) is 0.501. The average molecular weight is 505 g/mol. The van der Waals surface area contributed by atoms with Crippen LogP contribution in [-0.2, 0) is 9.59 Å². The van der Waals surface area contributed by atoms with Crippen LogP contribution in [0, 0.1) is 12.1 Å². The van der Waals surface area contributed by atoms with E-state index in [9.17, 15) is 18.8 Å². The first kappa shape index (κ1) is 26.2. The number of aromatic nitrogens is 1. The Bertz CT molecular complexity index is 967. The first-order valence-electron chi connectivity index (χ1n) is 9.97. The number of aliphatic carboxylic acids is 1. The second kappa shape index (κ2) is 11.7. The molecule has 0 bridgehead atoms. The summed E-state index contributed by atoms with van der Waals surface area (Å²) in [4.78, 5) is 45.4. The maximum atomic E-state index is 13.1. The largest absolute Gasteiger partial charge is 0.481 e. The van der Waals surface area contributed by atoms with Crippen LogP contribution in [0.15, 0.2) is 12.3 Å². The minimum absolute atomic E-state index is 0. The molecule has 8 nitrogen and oxygen atoms in total. The Morgan fingerprint density at radius 1 is 1.38 bits per heavy atom. The average Bonchev–Trinajstić information content (AvgIpc) is 3.41. The summed E-state index contributed by atoms with van der Waals surface area (Å²) in [5.74, 6) is -1.19. The minimum atomic E-state index is -0.841. The molecule has 3 heterocycles. The summed E-state index contributed by atoms with van der Waals surface area (Å²) in [6.07, 6.45) is 3.35. The van der Waals surface area contributed by atoms with E-state index in [1.54, 1.807) is 0 Å². The molecule has 176 valence electrons. The molecule has 0 aromatic carbocycles. The fraction of sp³-hybridized carbons (Fsp3) is 0.500. The van der Waals surface area contributed by atoms with Crippen molar-refractivity contribution in [1.82, 2.24) is 14.8 Å². The van der Waals surface area contributed by atoms with Crippen LogP contribution >= 0.6 is 35.1 Å². The molecule has 1 aliphatic heterocycles. The van der Waals surface area contributed by atoms with Crippen molar-refractivity contribution in [3.8, 4) is 0 Å². The third-order valence-electron chi connectivity index (χ3n) is 5.12. The molecule has 12 heteroatoms. The number of carbonyl (C=O) groups excluding carboxylic acids is 2. The molecule has 0 spiro atoms. The zero-order chi connectivity index (χ0) is 22.5. The second-order valence-corrected chi connectivity index (χ2v) is 9.79. The van der Waals surface area contributed by atoms with Gasteiger partial charge in [-0.1, -0.05) is 11.3 Å². The summed E-state index contributed by atoms with van der Waals surface area (Å²) in [5, 5.41) is 11.1. The molecule has 1 fully saturated rings. The van der Waals surface area contributed by atoms with E-state index in [2.05, 4.69) is 10.3 Å². The number of anilines is 1. The van der Waals surface area contributed by atoms with Gasteiger partial charge in [0, 0.05) is 22.7 Å². The van der Waals surface area contributed by atoms with E-state index in [-0.39, 0.29) is 48.4 Å². The number of halogens is 2. The molecule has 1 atom stereocenters. The maximum Gasteiger partial charge on any atom is 0.303 e. The number of carbonyl (C=O) groups is 3. The molecule has 1 aliphatic rings.